The highest BCUT2D eigenvalue weighted by atomic mass is 79.9. The highest BCUT2D eigenvalue weighted by molar-refractivity contribution is 9.10. The summed E-state index contributed by atoms with van der Waals surface area (Å²) in [6.07, 6.45) is 0.583. The summed E-state index contributed by atoms with van der Waals surface area (Å²) in [6, 6.07) is 8.93. The highest BCUT2D eigenvalue weighted by Gasteiger charge is 2.10. The van der Waals surface area contributed by atoms with Gasteiger partial charge in [-0.1, -0.05) is 27.5 Å². The Bertz CT molecular complexity index is 1060. The summed E-state index contributed by atoms with van der Waals surface area (Å²) >= 11 is 9.47. The molecule has 0 N–H and O–H groups in total. The van der Waals surface area contributed by atoms with E-state index < -0.39 is 11.4 Å². The van der Waals surface area contributed by atoms with Gasteiger partial charge >= 0.3 is 11.4 Å². The first-order valence-electron chi connectivity index (χ1n) is 8.09. The molecule has 26 heavy (non-hydrogen) atoms. The van der Waals surface area contributed by atoms with E-state index in [9.17, 15) is 9.59 Å². The number of nitrogens with zero attached hydrogens (tertiary/aromatic N) is 1. The van der Waals surface area contributed by atoms with Crippen molar-refractivity contribution in [2.75, 3.05) is 6.61 Å². The van der Waals surface area contributed by atoms with Gasteiger partial charge in [0.05, 0.1) is 17.5 Å². The topological polar surface area (TPSA) is 61.4 Å². The van der Waals surface area contributed by atoms with Gasteiger partial charge in [-0.2, -0.15) is 0 Å². The monoisotopic (exact) mass is 437 g/mol. The van der Waals surface area contributed by atoms with Crippen molar-refractivity contribution in [1.29, 1.82) is 0 Å². The van der Waals surface area contributed by atoms with Crippen molar-refractivity contribution in [3.05, 3.63) is 71.9 Å². The van der Waals surface area contributed by atoms with E-state index in [0.717, 1.165) is 26.4 Å². The number of hydrogen-bond acceptors (Lipinski definition) is 4. The van der Waals surface area contributed by atoms with Crippen LogP contribution in [0.25, 0.3) is 10.9 Å². The minimum absolute atomic E-state index is 0.365. The molecule has 5 nitrogen and oxygen atoms in total. The van der Waals surface area contributed by atoms with Crippen molar-refractivity contribution in [2.45, 2.75) is 26.8 Å². The van der Waals surface area contributed by atoms with Gasteiger partial charge in [0.1, 0.15) is 5.75 Å². The van der Waals surface area contributed by atoms with Crippen molar-refractivity contribution >= 4 is 38.4 Å². The second kappa shape index (κ2) is 7.68. The van der Waals surface area contributed by atoms with Crippen LogP contribution in [0.3, 0.4) is 0 Å². The lowest BCUT2D eigenvalue weighted by atomic mass is 10.1. The van der Waals surface area contributed by atoms with Crippen LogP contribution in [0.15, 0.2) is 48.8 Å². The van der Waals surface area contributed by atoms with E-state index in [1.54, 1.807) is 18.2 Å². The Labute approximate surface area is 163 Å². The number of aryl methyl sites for hydroxylation is 3. The van der Waals surface area contributed by atoms with Gasteiger partial charge in [0, 0.05) is 16.0 Å². The second-order valence-corrected chi connectivity index (χ2v) is 7.34. The molecule has 7 heteroatoms. The van der Waals surface area contributed by atoms with E-state index in [1.807, 2.05) is 26.0 Å². The molecule has 0 bridgehead atoms. The standard InChI is InChI=1S/C19H17BrClNO4/c1-11-8-14(9-12(2)17(11)21)25-7-3-6-22-16-5-4-13(20)10-15(16)18(23)26-19(22)24/h4-5,8-10H,3,6-7H2,1-2H3. The molecule has 0 unspecified atom stereocenters. The van der Waals surface area contributed by atoms with Crippen molar-refractivity contribution in [2.24, 2.45) is 0 Å². The Hall–Kier alpha value is -2.05. The lowest BCUT2D eigenvalue weighted by Gasteiger charge is -2.11. The zero-order chi connectivity index (χ0) is 18.8. The summed E-state index contributed by atoms with van der Waals surface area (Å²) < 4.78 is 12.8. The average Bonchev–Trinajstić information content (AvgIpc) is 2.59. The van der Waals surface area contributed by atoms with Crippen LogP contribution in [0.5, 0.6) is 5.75 Å². The first kappa shape index (κ1) is 18.7. The van der Waals surface area contributed by atoms with E-state index in [1.165, 1.54) is 4.57 Å². The van der Waals surface area contributed by atoms with Crippen molar-refractivity contribution in [3.8, 4) is 5.75 Å². The third-order valence-corrected chi connectivity index (χ3v) is 5.16. The summed E-state index contributed by atoms with van der Waals surface area (Å²) in [7, 11) is 0. The molecule has 0 radical (unpaired) electrons. The number of fused-ring (bicyclic) bond motifs is 1. The smallest absolute Gasteiger partial charge is 0.422 e. The number of halogens is 2. The number of aromatic nitrogens is 1. The molecule has 1 aromatic heterocycles. The summed E-state index contributed by atoms with van der Waals surface area (Å²) in [6.45, 7) is 4.66. The zero-order valence-corrected chi connectivity index (χ0v) is 16.7. The molecule has 0 saturated heterocycles. The van der Waals surface area contributed by atoms with E-state index in [2.05, 4.69) is 15.9 Å². The maximum atomic E-state index is 12.1. The summed E-state index contributed by atoms with van der Waals surface area (Å²) in [5, 5.41) is 1.10. The lowest BCUT2D eigenvalue weighted by Crippen LogP contribution is -2.25. The molecule has 136 valence electrons. The molecule has 2 aromatic carbocycles. The fourth-order valence-electron chi connectivity index (χ4n) is 2.81. The van der Waals surface area contributed by atoms with Gasteiger partial charge in [0.25, 0.3) is 0 Å². The molecular weight excluding hydrogens is 422 g/mol. The molecule has 0 aliphatic heterocycles. The summed E-state index contributed by atoms with van der Waals surface area (Å²) in [4.78, 5) is 23.9. The third-order valence-electron chi connectivity index (χ3n) is 4.07. The molecule has 0 spiro atoms. The van der Waals surface area contributed by atoms with Gasteiger partial charge in [-0.05, 0) is 61.7 Å². The zero-order valence-electron chi connectivity index (χ0n) is 14.3. The molecule has 0 amide bonds. The number of hydrogen-bond donors (Lipinski definition) is 0. The quantitative estimate of drug-likeness (QED) is 0.552. The molecule has 0 aliphatic rings. The number of rotatable bonds is 5. The lowest BCUT2D eigenvalue weighted by molar-refractivity contribution is 0.296. The molecule has 3 aromatic rings. The molecule has 1 heterocycles. The minimum atomic E-state index is -0.664. The van der Waals surface area contributed by atoms with Crippen LogP contribution in [0.4, 0.5) is 0 Å². The SMILES string of the molecule is Cc1cc(OCCCn2c(=O)oc(=O)c3cc(Br)ccc32)cc(C)c1Cl. The van der Waals surface area contributed by atoms with Crippen molar-refractivity contribution in [3.63, 3.8) is 0 Å². The Morgan fingerprint density at radius 2 is 1.85 bits per heavy atom. The maximum Gasteiger partial charge on any atom is 0.422 e. The summed E-state index contributed by atoms with van der Waals surface area (Å²) in [5.74, 6) is 0.0770. The van der Waals surface area contributed by atoms with Gasteiger partial charge in [0.15, 0.2) is 0 Å². The van der Waals surface area contributed by atoms with Gasteiger partial charge < -0.3 is 9.15 Å². The van der Waals surface area contributed by atoms with Crippen LogP contribution in [0.1, 0.15) is 17.5 Å². The Balaban J connectivity index is 1.75. The molecular formula is C19H17BrClNO4. The van der Waals surface area contributed by atoms with Crippen LogP contribution in [-0.4, -0.2) is 11.2 Å². The Morgan fingerprint density at radius 3 is 2.54 bits per heavy atom. The van der Waals surface area contributed by atoms with Crippen LogP contribution < -0.4 is 16.1 Å². The average molecular weight is 439 g/mol. The van der Waals surface area contributed by atoms with Gasteiger partial charge in [-0.3, -0.25) is 4.57 Å². The largest absolute Gasteiger partial charge is 0.494 e. The summed E-state index contributed by atoms with van der Waals surface area (Å²) in [5.41, 5.74) is 1.83. The molecule has 0 atom stereocenters. The number of benzene rings is 2. The van der Waals surface area contributed by atoms with Gasteiger partial charge in [-0.25, -0.2) is 9.59 Å². The Morgan fingerprint density at radius 1 is 1.15 bits per heavy atom. The van der Waals surface area contributed by atoms with Crippen molar-refractivity contribution < 1.29 is 9.15 Å². The molecule has 0 fully saturated rings. The molecule has 3 rings (SSSR count). The molecule has 0 saturated carbocycles. The van der Waals surface area contributed by atoms with E-state index in [-0.39, 0.29) is 0 Å². The molecule has 0 aliphatic carbocycles. The normalized spacial score (nSPS) is 11.1. The third kappa shape index (κ3) is 3.86. The van der Waals surface area contributed by atoms with E-state index >= 15 is 0 Å². The van der Waals surface area contributed by atoms with Crippen molar-refractivity contribution in [1.82, 2.24) is 4.57 Å². The highest BCUT2D eigenvalue weighted by Crippen LogP contribution is 2.26. The van der Waals surface area contributed by atoms with E-state index in [4.69, 9.17) is 20.8 Å². The predicted molar refractivity (Wildman–Crippen MR) is 105 cm³/mol. The second-order valence-electron chi connectivity index (χ2n) is 6.04. The maximum absolute atomic E-state index is 12.1. The minimum Gasteiger partial charge on any atom is -0.494 e. The fraction of sp³-hybridized carbons (Fsp3) is 0.263. The first-order chi connectivity index (χ1) is 12.4. The van der Waals surface area contributed by atoms with E-state index in [0.29, 0.717) is 30.5 Å². The Kier molecular flexibility index (Phi) is 5.53. The van der Waals surface area contributed by atoms with Gasteiger partial charge in [0.2, 0.25) is 0 Å². The van der Waals surface area contributed by atoms with Crippen LogP contribution in [-0.2, 0) is 6.54 Å². The fourth-order valence-corrected chi connectivity index (χ4v) is 3.28. The van der Waals surface area contributed by atoms with Gasteiger partial charge in [-0.15, -0.1) is 0 Å². The van der Waals surface area contributed by atoms with Crippen LogP contribution in [0, 0.1) is 13.8 Å². The van der Waals surface area contributed by atoms with Crippen LogP contribution >= 0.6 is 27.5 Å². The van der Waals surface area contributed by atoms with Crippen LogP contribution in [0.2, 0.25) is 5.02 Å². The number of ether oxygens (including phenoxy) is 1. The predicted octanol–water partition coefficient (Wildman–Crippen LogP) is 4.46. The first-order valence-corrected chi connectivity index (χ1v) is 9.26.